The number of fused-ring (bicyclic) bond motifs is 5. The van der Waals surface area contributed by atoms with Crippen LogP contribution in [0.1, 0.15) is 31.4 Å². The lowest BCUT2D eigenvalue weighted by molar-refractivity contribution is 0.340. The molecule has 0 fully saturated rings. The van der Waals surface area contributed by atoms with Gasteiger partial charge in [0, 0.05) is 10.9 Å². The van der Waals surface area contributed by atoms with E-state index in [1.54, 1.807) is 0 Å². The molecule has 1 heterocycles. The first kappa shape index (κ1) is 17.2. The van der Waals surface area contributed by atoms with Gasteiger partial charge in [0.05, 0.1) is 17.8 Å². The fourth-order valence-corrected chi connectivity index (χ4v) is 4.60. The average Bonchev–Trinajstić information content (AvgIpc) is 2.73. The lowest BCUT2D eigenvalue weighted by atomic mass is 9.80. The number of pyridine rings is 1. The Bertz CT molecular complexity index is 1160. The molecule has 1 atom stereocenters. The molecule has 5 rings (SSSR count). The van der Waals surface area contributed by atoms with Crippen LogP contribution >= 0.6 is 0 Å². The highest BCUT2D eigenvalue weighted by molar-refractivity contribution is 6.09. The monoisotopic (exact) mass is 367 g/mol. The Morgan fingerprint density at radius 3 is 2.61 bits per heavy atom. The van der Waals surface area contributed by atoms with E-state index >= 15 is 0 Å². The van der Waals surface area contributed by atoms with Crippen LogP contribution in [-0.4, -0.2) is 11.6 Å². The molecule has 1 aliphatic rings. The molecule has 4 aromatic rings. The van der Waals surface area contributed by atoms with Gasteiger partial charge in [0.1, 0.15) is 5.75 Å². The number of aromatic nitrogens is 1. The maximum atomic E-state index is 5.62. The van der Waals surface area contributed by atoms with Crippen LogP contribution in [0.2, 0.25) is 0 Å². The predicted octanol–water partition coefficient (Wildman–Crippen LogP) is 6.58. The van der Waals surface area contributed by atoms with Crippen molar-refractivity contribution < 1.29 is 4.74 Å². The van der Waals surface area contributed by atoms with Gasteiger partial charge in [0.25, 0.3) is 0 Å². The molecule has 28 heavy (non-hydrogen) atoms. The van der Waals surface area contributed by atoms with E-state index in [1.165, 1.54) is 39.3 Å². The molecule has 0 spiro atoms. The quantitative estimate of drug-likeness (QED) is 0.382. The number of rotatable bonds is 3. The topological polar surface area (TPSA) is 22.1 Å². The third-order valence-electron chi connectivity index (χ3n) is 5.97. The molecule has 0 saturated heterocycles. The molecule has 0 N–H and O–H groups in total. The third kappa shape index (κ3) is 2.84. The molecule has 0 aliphatic heterocycles. The van der Waals surface area contributed by atoms with E-state index in [1.807, 2.05) is 6.92 Å². The summed E-state index contributed by atoms with van der Waals surface area (Å²) in [6.45, 7) is 5.06. The van der Waals surface area contributed by atoms with Crippen LogP contribution in [0.15, 0.2) is 60.7 Å². The fraction of sp³-hybridized carbons (Fsp3) is 0.269. The van der Waals surface area contributed by atoms with Crippen LogP contribution in [-0.2, 0) is 12.8 Å². The van der Waals surface area contributed by atoms with Gasteiger partial charge in [-0.2, -0.15) is 0 Å². The van der Waals surface area contributed by atoms with E-state index in [0.717, 1.165) is 29.8 Å². The van der Waals surface area contributed by atoms with Gasteiger partial charge >= 0.3 is 0 Å². The van der Waals surface area contributed by atoms with Gasteiger partial charge < -0.3 is 4.74 Å². The van der Waals surface area contributed by atoms with E-state index in [0.29, 0.717) is 12.5 Å². The van der Waals surface area contributed by atoms with Crippen molar-refractivity contribution >= 4 is 21.7 Å². The van der Waals surface area contributed by atoms with Gasteiger partial charge in [-0.1, -0.05) is 37.3 Å². The van der Waals surface area contributed by atoms with E-state index in [-0.39, 0.29) is 0 Å². The van der Waals surface area contributed by atoms with Gasteiger partial charge in [-0.3, -0.25) is 0 Å². The molecule has 0 saturated carbocycles. The van der Waals surface area contributed by atoms with Gasteiger partial charge in [0.15, 0.2) is 0 Å². The smallest absolute Gasteiger partial charge is 0.119 e. The Hall–Kier alpha value is -2.87. The van der Waals surface area contributed by atoms with Crippen molar-refractivity contribution in [2.24, 2.45) is 5.92 Å². The van der Waals surface area contributed by atoms with Crippen molar-refractivity contribution in [1.29, 1.82) is 0 Å². The Kier molecular flexibility index (Phi) is 4.27. The van der Waals surface area contributed by atoms with Gasteiger partial charge in [-0.25, -0.2) is 4.98 Å². The fourth-order valence-electron chi connectivity index (χ4n) is 4.60. The van der Waals surface area contributed by atoms with Crippen LogP contribution in [0.5, 0.6) is 5.75 Å². The van der Waals surface area contributed by atoms with Crippen molar-refractivity contribution in [2.45, 2.75) is 33.1 Å². The number of hydrogen-bond donors (Lipinski definition) is 0. The van der Waals surface area contributed by atoms with Crippen LogP contribution in [0.4, 0.5) is 0 Å². The first-order valence-corrected chi connectivity index (χ1v) is 10.3. The first-order chi connectivity index (χ1) is 13.7. The number of benzene rings is 3. The summed E-state index contributed by atoms with van der Waals surface area (Å²) in [5.41, 5.74) is 6.38. The second-order valence-electron chi connectivity index (χ2n) is 7.90. The van der Waals surface area contributed by atoms with E-state index in [4.69, 9.17) is 9.72 Å². The molecular weight excluding hydrogens is 342 g/mol. The van der Waals surface area contributed by atoms with E-state index < -0.39 is 0 Å². The van der Waals surface area contributed by atoms with Crippen LogP contribution in [0.25, 0.3) is 32.9 Å². The molecule has 140 valence electrons. The maximum absolute atomic E-state index is 5.62. The lowest BCUT2D eigenvalue weighted by Gasteiger charge is -2.26. The highest BCUT2D eigenvalue weighted by Crippen LogP contribution is 2.39. The predicted molar refractivity (Wildman–Crippen MR) is 117 cm³/mol. The summed E-state index contributed by atoms with van der Waals surface area (Å²) in [7, 11) is 0. The minimum absolute atomic E-state index is 0.688. The minimum atomic E-state index is 0.688. The van der Waals surface area contributed by atoms with Crippen LogP contribution in [0.3, 0.4) is 0 Å². The summed E-state index contributed by atoms with van der Waals surface area (Å²) < 4.78 is 5.62. The van der Waals surface area contributed by atoms with E-state index in [9.17, 15) is 0 Å². The van der Waals surface area contributed by atoms with Crippen LogP contribution < -0.4 is 4.74 Å². The Balaban J connectivity index is 1.78. The van der Waals surface area contributed by atoms with E-state index in [2.05, 4.69) is 67.6 Å². The summed E-state index contributed by atoms with van der Waals surface area (Å²) in [6.07, 6.45) is 3.48. The Morgan fingerprint density at radius 2 is 1.79 bits per heavy atom. The lowest BCUT2D eigenvalue weighted by Crippen LogP contribution is -2.14. The minimum Gasteiger partial charge on any atom is -0.494 e. The van der Waals surface area contributed by atoms with Crippen molar-refractivity contribution in [3.05, 3.63) is 71.8 Å². The van der Waals surface area contributed by atoms with Crippen molar-refractivity contribution in [3.63, 3.8) is 0 Å². The molecule has 1 aromatic heterocycles. The van der Waals surface area contributed by atoms with Crippen LogP contribution in [0, 0.1) is 5.92 Å². The molecule has 0 bridgehead atoms. The number of aryl methyl sites for hydroxylation is 1. The normalized spacial score (nSPS) is 16.3. The molecule has 0 amide bonds. The maximum Gasteiger partial charge on any atom is 0.119 e. The average molecular weight is 367 g/mol. The largest absolute Gasteiger partial charge is 0.494 e. The molecule has 2 nitrogen and oxygen atoms in total. The first-order valence-electron chi connectivity index (χ1n) is 10.3. The third-order valence-corrected chi connectivity index (χ3v) is 5.97. The van der Waals surface area contributed by atoms with Gasteiger partial charge in [-0.15, -0.1) is 0 Å². The second kappa shape index (κ2) is 6.94. The Labute approximate surface area is 166 Å². The zero-order valence-corrected chi connectivity index (χ0v) is 16.5. The summed E-state index contributed by atoms with van der Waals surface area (Å²) in [5, 5.41) is 3.98. The Morgan fingerprint density at radius 1 is 0.964 bits per heavy atom. The number of nitrogens with zero attached hydrogens (tertiary/aromatic N) is 1. The summed E-state index contributed by atoms with van der Waals surface area (Å²) in [4.78, 5) is 5.18. The molecule has 0 radical (unpaired) electrons. The highest BCUT2D eigenvalue weighted by atomic mass is 16.5. The standard InChI is InChI=1S/C26H25NO/c1-3-28-20-12-9-19(10-13-20)26-23-16-17(2)8-14-22(23)25-21-7-5-4-6-18(21)11-15-24(25)27-26/h4-7,9-13,15,17H,3,8,14,16H2,1-2H3/t17-/m1/s1. The SMILES string of the molecule is CCOc1ccc(-c2nc3ccc4ccccc4c3c3c2C[C@H](C)CC3)cc1. The second-order valence-corrected chi connectivity index (χ2v) is 7.90. The zero-order chi connectivity index (χ0) is 19.1. The highest BCUT2D eigenvalue weighted by Gasteiger charge is 2.23. The number of hydrogen-bond acceptors (Lipinski definition) is 2. The summed E-state index contributed by atoms with van der Waals surface area (Å²) >= 11 is 0. The summed E-state index contributed by atoms with van der Waals surface area (Å²) in [5.74, 6) is 1.61. The van der Waals surface area contributed by atoms with Gasteiger partial charge in [-0.05, 0) is 84.3 Å². The summed E-state index contributed by atoms with van der Waals surface area (Å²) in [6, 6.07) is 21.5. The molecule has 3 aromatic carbocycles. The van der Waals surface area contributed by atoms with Crippen molar-refractivity contribution in [3.8, 4) is 17.0 Å². The molecular formula is C26H25NO. The van der Waals surface area contributed by atoms with Gasteiger partial charge in [0.2, 0.25) is 0 Å². The van der Waals surface area contributed by atoms with Crippen molar-refractivity contribution in [2.75, 3.05) is 6.61 Å². The molecule has 0 unspecified atom stereocenters. The zero-order valence-electron chi connectivity index (χ0n) is 16.5. The molecule has 1 aliphatic carbocycles. The number of ether oxygens (including phenoxy) is 1. The molecule has 2 heteroatoms. The van der Waals surface area contributed by atoms with Crippen molar-refractivity contribution in [1.82, 2.24) is 4.98 Å².